The van der Waals surface area contributed by atoms with E-state index in [1.165, 1.54) is 0 Å². The molecule has 0 amide bonds. The predicted molar refractivity (Wildman–Crippen MR) is 83.3 cm³/mol. The molecule has 0 N–H and O–H groups in total. The second kappa shape index (κ2) is 6.45. The Morgan fingerprint density at radius 1 is 1.24 bits per heavy atom. The molecule has 4 atom stereocenters. The lowest BCUT2D eigenvalue weighted by atomic mass is 9.91. The highest BCUT2D eigenvalue weighted by molar-refractivity contribution is 6.21. The highest BCUT2D eigenvalue weighted by Crippen LogP contribution is 2.42. The normalized spacial score (nSPS) is 30.0. The van der Waals surface area contributed by atoms with Crippen molar-refractivity contribution in [1.82, 2.24) is 0 Å². The molecule has 0 radical (unpaired) electrons. The maximum atomic E-state index is 6.72. The average Bonchev–Trinajstić information content (AvgIpc) is 2.91. The van der Waals surface area contributed by atoms with Crippen LogP contribution in [0.3, 0.4) is 0 Å². The van der Waals surface area contributed by atoms with Crippen molar-refractivity contribution in [2.24, 2.45) is 11.8 Å². The Kier molecular flexibility index (Phi) is 4.60. The molecule has 3 rings (SSSR count). The van der Waals surface area contributed by atoms with Crippen molar-refractivity contribution < 1.29 is 14.2 Å². The molecule has 116 valence electrons. The maximum absolute atomic E-state index is 6.72. The smallest absolute Gasteiger partial charge is 0.161 e. The van der Waals surface area contributed by atoms with Crippen LogP contribution in [0.5, 0.6) is 11.5 Å². The molecule has 0 saturated carbocycles. The summed E-state index contributed by atoms with van der Waals surface area (Å²) in [5, 5.41) is -0.0352. The van der Waals surface area contributed by atoms with Gasteiger partial charge in [0.05, 0.1) is 24.7 Å². The third-order valence-corrected chi connectivity index (χ3v) is 4.95. The van der Waals surface area contributed by atoms with Crippen LogP contribution in [-0.2, 0) is 4.74 Å². The molecule has 21 heavy (non-hydrogen) atoms. The van der Waals surface area contributed by atoms with Crippen molar-refractivity contribution in [3.63, 3.8) is 0 Å². The molecule has 1 saturated heterocycles. The van der Waals surface area contributed by atoms with Gasteiger partial charge >= 0.3 is 0 Å². The van der Waals surface area contributed by atoms with Crippen molar-refractivity contribution in [3.8, 4) is 11.5 Å². The Hall–Kier alpha value is -0.930. The van der Waals surface area contributed by atoms with Gasteiger partial charge in [0.25, 0.3) is 0 Å². The van der Waals surface area contributed by atoms with Crippen LogP contribution in [0.25, 0.3) is 0 Å². The van der Waals surface area contributed by atoms with E-state index in [9.17, 15) is 0 Å². The maximum Gasteiger partial charge on any atom is 0.161 e. The fourth-order valence-corrected chi connectivity index (χ4v) is 3.53. The van der Waals surface area contributed by atoms with Gasteiger partial charge < -0.3 is 14.2 Å². The first-order valence-electron chi connectivity index (χ1n) is 7.84. The van der Waals surface area contributed by atoms with Crippen molar-refractivity contribution in [1.29, 1.82) is 0 Å². The van der Waals surface area contributed by atoms with Crippen LogP contribution in [0.4, 0.5) is 0 Å². The Morgan fingerprint density at radius 3 is 2.76 bits per heavy atom. The number of hydrogen-bond donors (Lipinski definition) is 0. The summed E-state index contributed by atoms with van der Waals surface area (Å²) >= 11 is 6.72. The van der Waals surface area contributed by atoms with Crippen molar-refractivity contribution in [3.05, 3.63) is 23.8 Å². The lowest BCUT2D eigenvalue weighted by Gasteiger charge is -2.23. The molecule has 2 aliphatic rings. The summed E-state index contributed by atoms with van der Waals surface area (Å²) in [4.78, 5) is 0. The van der Waals surface area contributed by atoms with Crippen molar-refractivity contribution in [2.75, 3.05) is 19.8 Å². The third kappa shape index (κ3) is 3.14. The number of hydrogen-bond acceptors (Lipinski definition) is 3. The lowest BCUT2D eigenvalue weighted by molar-refractivity contribution is 0.0864. The summed E-state index contributed by atoms with van der Waals surface area (Å²) in [5.41, 5.74) is 1.10. The number of ether oxygens (including phenoxy) is 3. The Labute approximate surface area is 131 Å². The molecular weight excluding hydrogens is 288 g/mol. The largest absolute Gasteiger partial charge is 0.489 e. The van der Waals surface area contributed by atoms with Crippen LogP contribution < -0.4 is 9.47 Å². The van der Waals surface area contributed by atoms with Crippen molar-refractivity contribution in [2.45, 2.75) is 38.2 Å². The Balaban J connectivity index is 1.80. The molecule has 0 bridgehead atoms. The second-order valence-electron chi connectivity index (χ2n) is 6.11. The van der Waals surface area contributed by atoms with E-state index in [0.29, 0.717) is 25.0 Å². The molecule has 3 nitrogen and oxygen atoms in total. The van der Waals surface area contributed by atoms with E-state index in [4.69, 9.17) is 25.8 Å². The minimum absolute atomic E-state index is 0.0352. The minimum atomic E-state index is -0.0352. The van der Waals surface area contributed by atoms with E-state index in [1.807, 2.05) is 12.1 Å². The molecular formula is C17H23ClO3. The summed E-state index contributed by atoms with van der Waals surface area (Å²) in [6, 6.07) is 6.08. The third-order valence-electron chi connectivity index (χ3n) is 4.37. The van der Waals surface area contributed by atoms with Gasteiger partial charge in [0.15, 0.2) is 11.5 Å². The zero-order valence-corrected chi connectivity index (χ0v) is 13.4. The first-order valence-corrected chi connectivity index (χ1v) is 8.28. The fourth-order valence-electron chi connectivity index (χ4n) is 3.11. The molecule has 4 unspecified atom stereocenters. The van der Waals surface area contributed by atoms with E-state index in [2.05, 4.69) is 19.9 Å². The molecule has 2 heterocycles. The van der Waals surface area contributed by atoms with Gasteiger partial charge in [-0.3, -0.25) is 0 Å². The Bertz CT molecular complexity index is 491. The van der Waals surface area contributed by atoms with Gasteiger partial charge in [0.2, 0.25) is 0 Å². The lowest BCUT2D eigenvalue weighted by Crippen LogP contribution is -2.19. The predicted octanol–water partition coefficient (Wildman–Crippen LogP) is 4.19. The standard InChI is InChI=1S/C17H23ClO3/c1-3-14-13(6-7-19-14)17(18)12-4-5-15-16(8-12)21-10-11(2)9-20-15/h4-5,8,11,13-14,17H,3,6-7,9-10H2,1-2H3. The number of halogens is 1. The molecule has 2 aliphatic heterocycles. The fraction of sp³-hybridized carbons (Fsp3) is 0.647. The van der Waals surface area contributed by atoms with Gasteiger partial charge in [0, 0.05) is 18.4 Å². The number of rotatable bonds is 3. The van der Waals surface area contributed by atoms with Gasteiger partial charge in [-0.15, -0.1) is 11.6 Å². The van der Waals surface area contributed by atoms with E-state index in [1.54, 1.807) is 0 Å². The van der Waals surface area contributed by atoms with Crippen LogP contribution in [0.15, 0.2) is 18.2 Å². The molecule has 0 spiro atoms. The highest BCUT2D eigenvalue weighted by atomic mass is 35.5. The zero-order chi connectivity index (χ0) is 14.8. The SMILES string of the molecule is CCC1OCCC1C(Cl)c1ccc2c(c1)OCC(C)CO2. The molecule has 4 heteroatoms. The number of benzene rings is 1. The minimum Gasteiger partial charge on any atom is -0.489 e. The van der Waals surface area contributed by atoms with Crippen molar-refractivity contribution >= 4 is 11.6 Å². The molecule has 1 aromatic carbocycles. The average molecular weight is 311 g/mol. The monoisotopic (exact) mass is 310 g/mol. The summed E-state index contributed by atoms with van der Waals surface area (Å²) < 4.78 is 17.4. The van der Waals surface area contributed by atoms with Crippen LogP contribution in [0.1, 0.15) is 37.6 Å². The molecule has 0 aromatic heterocycles. The summed E-state index contributed by atoms with van der Waals surface area (Å²) in [6.07, 6.45) is 2.30. The molecule has 1 aromatic rings. The van der Waals surface area contributed by atoms with Crippen LogP contribution >= 0.6 is 11.6 Å². The highest BCUT2D eigenvalue weighted by Gasteiger charge is 2.34. The van der Waals surface area contributed by atoms with E-state index in [0.717, 1.165) is 36.5 Å². The first-order chi connectivity index (χ1) is 10.2. The van der Waals surface area contributed by atoms with Gasteiger partial charge in [-0.25, -0.2) is 0 Å². The van der Waals surface area contributed by atoms with Gasteiger partial charge in [-0.05, 0) is 30.5 Å². The summed E-state index contributed by atoms with van der Waals surface area (Å²) in [6.45, 7) is 6.48. The van der Waals surface area contributed by atoms with Crippen LogP contribution in [0, 0.1) is 11.8 Å². The zero-order valence-electron chi connectivity index (χ0n) is 12.7. The van der Waals surface area contributed by atoms with Crippen LogP contribution in [-0.4, -0.2) is 25.9 Å². The topological polar surface area (TPSA) is 27.7 Å². The summed E-state index contributed by atoms with van der Waals surface area (Å²) in [5.74, 6) is 2.41. The van der Waals surface area contributed by atoms with E-state index >= 15 is 0 Å². The second-order valence-corrected chi connectivity index (χ2v) is 6.58. The van der Waals surface area contributed by atoms with Gasteiger partial charge in [0.1, 0.15) is 0 Å². The van der Waals surface area contributed by atoms with Gasteiger partial charge in [-0.1, -0.05) is 19.9 Å². The molecule has 1 fully saturated rings. The summed E-state index contributed by atoms with van der Waals surface area (Å²) in [7, 11) is 0. The quantitative estimate of drug-likeness (QED) is 0.784. The number of alkyl halides is 1. The first kappa shape index (κ1) is 15.0. The van der Waals surface area contributed by atoms with E-state index in [-0.39, 0.29) is 11.5 Å². The number of fused-ring (bicyclic) bond motifs is 1. The van der Waals surface area contributed by atoms with Gasteiger partial charge in [-0.2, -0.15) is 0 Å². The van der Waals surface area contributed by atoms with E-state index < -0.39 is 0 Å². The Morgan fingerprint density at radius 2 is 2.00 bits per heavy atom. The van der Waals surface area contributed by atoms with Crippen LogP contribution in [0.2, 0.25) is 0 Å². The molecule has 0 aliphatic carbocycles.